The number of hydrogen-bond donors (Lipinski definition) is 3. The van der Waals surface area contributed by atoms with Crippen molar-refractivity contribution in [3.63, 3.8) is 0 Å². The maximum atomic E-state index is 12.3. The van der Waals surface area contributed by atoms with Gasteiger partial charge in [0.25, 0.3) is 11.2 Å². The molecule has 0 fully saturated rings. The quantitative estimate of drug-likeness (QED) is 0.283. The summed E-state index contributed by atoms with van der Waals surface area (Å²) < 4.78 is 0.183. The molecule has 31 heavy (non-hydrogen) atoms. The van der Waals surface area contributed by atoms with Crippen molar-refractivity contribution in [2.75, 3.05) is 5.43 Å². The highest BCUT2D eigenvalue weighted by Gasteiger charge is 2.24. The van der Waals surface area contributed by atoms with Crippen molar-refractivity contribution < 1.29 is 10.0 Å². The first-order valence-electron chi connectivity index (χ1n) is 8.81. The van der Waals surface area contributed by atoms with Crippen LogP contribution < -0.4 is 11.0 Å². The number of rotatable bonds is 5. The van der Waals surface area contributed by atoms with Gasteiger partial charge in [-0.15, -0.1) is 0 Å². The second-order valence-electron chi connectivity index (χ2n) is 6.42. The van der Waals surface area contributed by atoms with E-state index >= 15 is 0 Å². The molecule has 156 valence electrons. The van der Waals surface area contributed by atoms with Gasteiger partial charge in [-0.05, 0) is 29.8 Å². The van der Waals surface area contributed by atoms with Crippen molar-refractivity contribution in [2.24, 2.45) is 5.10 Å². The zero-order chi connectivity index (χ0) is 22.7. The summed E-state index contributed by atoms with van der Waals surface area (Å²) in [5, 5.41) is 35.0. The fourth-order valence-corrected chi connectivity index (χ4v) is 3.41. The number of halogens is 1. The molecule has 1 heterocycles. The van der Waals surface area contributed by atoms with Gasteiger partial charge < -0.3 is 5.11 Å². The summed E-state index contributed by atoms with van der Waals surface area (Å²) in [6.07, 6.45) is 1.18. The first-order valence-corrected chi connectivity index (χ1v) is 9.60. The Morgan fingerprint density at radius 1 is 1.32 bits per heavy atom. The molecule has 0 spiro atoms. The van der Waals surface area contributed by atoms with Gasteiger partial charge >= 0.3 is 0 Å². The molecule has 3 aromatic rings. The number of aromatic amines is 1. The Bertz CT molecular complexity index is 1310. The van der Waals surface area contributed by atoms with Crippen molar-refractivity contribution in [1.29, 1.82) is 5.26 Å². The fraction of sp³-hybridized carbons (Fsp3) is 0.100. The van der Waals surface area contributed by atoms with Gasteiger partial charge in [0.1, 0.15) is 17.4 Å². The van der Waals surface area contributed by atoms with Crippen molar-refractivity contribution in [3.05, 3.63) is 77.5 Å². The van der Waals surface area contributed by atoms with Gasteiger partial charge in [0.2, 0.25) is 5.95 Å². The summed E-state index contributed by atoms with van der Waals surface area (Å²) in [7, 11) is 0. The van der Waals surface area contributed by atoms with E-state index in [1.165, 1.54) is 20.1 Å². The number of nitrogens with zero attached hydrogens (tertiary/aromatic N) is 4. The average Bonchev–Trinajstić information content (AvgIpc) is 2.74. The van der Waals surface area contributed by atoms with E-state index in [4.69, 9.17) is 0 Å². The van der Waals surface area contributed by atoms with E-state index in [-0.39, 0.29) is 49.8 Å². The molecule has 1 aromatic heterocycles. The smallest absolute Gasteiger partial charge is 0.277 e. The molecule has 0 unspecified atom stereocenters. The van der Waals surface area contributed by atoms with Gasteiger partial charge in [-0.2, -0.15) is 10.4 Å². The monoisotopic (exact) mass is 482 g/mol. The number of nitro groups is 1. The van der Waals surface area contributed by atoms with Crippen LogP contribution in [-0.4, -0.2) is 26.2 Å². The van der Waals surface area contributed by atoms with E-state index in [2.05, 4.69) is 36.4 Å². The fourth-order valence-electron chi connectivity index (χ4n) is 3.01. The lowest BCUT2D eigenvalue weighted by Crippen LogP contribution is -2.16. The van der Waals surface area contributed by atoms with E-state index in [1.807, 2.05) is 6.07 Å². The molecular formula is C20H15BrN6O4. The van der Waals surface area contributed by atoms with Crippen LogP contribution in [0.2, 0.25) is 0 Å². The number of H-pyrrole nitrogens is 1. The molecule has 0 atom stereocenters. The van der Waals surface area contributed by atoms with E-state index in [9.17, 15) is 25.3 Å². The van der Waals surface area contributed by atoms with Gasteiger partial charge in [0.05, 0.1) is 21.3 Å². The van der Waals surface area contributed by atoms with Gasteiger partial charge in [-0.25, -0.2) is 10.4 Å². The van der Waals surface area contributed by atoms with Gasteiger partial charge in [0, 0.05) is 22.3 Å². The highest BCUT2D eigenvalue weighted by Crippen LogP contribution is 2.39. The number of hydrogen-bond acceptors (Lipinski definition) is 8. The Balaban J connectivity index is 2.01. The normalized spacial score (nSPS) is 10.8. The van der Waals surface area contributed by atoms with Crippen molar-refractivity contribution in [3.8, 4) is 23.1 Å². The minimum atomic E-state index is -0.651. The average molecular weight is 483 g/mol. The minimum absolute atomic E-state index is 0.0445. The van der Waals surface area contributed by atoms with E-state index < -0.39 is 10.5 Å². The molecule has 0 aliphatic rings. The van der Waals surface area contributed by atoms with Crippen LogP contribution in [0.4, 0.5) is 11.6 Å². The lowest BCUT2D eigenvalue weighted by atomic mass is 10.0. The molecule has 0 aliphatic heterocycles. The molecule has 2 aromatic carbocycles. The Morgan fingerprint density at radius 3 is 2.61 bits per heavy atom. The van der Waals surface area contributed by atoms with Crippen LogP contribution in [-0.2, 0) is 0 Å². The molecular weight excluding hydrogens is 468 g/mol. The molecule has 0 amide bonds. The van der Waals surface area contributed by atoms with Crippen molar-refractivity contribution in [2.45, 2.75) is 13.8 Å². The number of nitriles is 1. The molecule has 11 heteroatoms. The summed E-state index contributed by atoms with van der Waals surface area (Å²) in [4.78, 5) is 29.8. The summed E-state index contributed by atoms with van der Waals surface area (Å²) in [6.45, 7) is 3.01. The van der Waals surface area contributed by atoms with Crippen molar-refractivity contribution >= 4 is 33.8 Å². The number of nitrogens with one attached hydrogen (secondary N) is 2. The third kappa shape index (κ3) is 4.15. The number of aromatic nitrogens is 2. The van der Waals surface area contributed by atoms with E-state index in [0.29, 0.717) is 5.56 Å². The Morgan fingerprint density at radius 2 is 2.00 bits per heavy atom. The van der Waals surface area contributed by atoms with Crippen LogP contribution in [0.25, 0.3) is 11.3 Å². The Labute approximate surface area is 184 Å². The summed E-state index contributed by atoms with van der Waals surface area (Å²) in [5.74, 6) is -0.255. The second-order valence-corrected chi connectivity index (χ2v) is 7.21. The summed E-state index contributed by atoms with van der Waals surface area (Å²) >= 11 is 3.15. The number of anilines is 1. The highest BCUT2D eigenvalue weighted by atomic mass is 79.9. The van der Waals surface area contributed by atoms with Crippen LogP contribution in [0.5, 0.6) is 5.75 Å². The SMILES string of the molecule is Cc1c(Br)c(O)c(C=NNc2nc(-c3ccccc3)c(C#N)c(=O)[nH]2)c(C)c1[N+](=O)[O-]. The van der Waals surface area contributed by atoms with Crippen molar-refractivity contribution in [1.82, 2.24) is 9.97 Å². The standard InChI is InChI=1S/C20H15BrN6O4/c1-10-14(18(28)15(21)11(2)17(10)27(30)31)9-23-26-20-24-16(12-6-4-3-5-7-12)13(8-22)19(29)25-20/h3-7,9,28H,1-2H3,(H2,24,25,26,29). The largest absolute Gasteiger partial charge is 0.506 e. The topological polar surface area (TPSA) is 157 Å². The zero-order valence-corrected chi connectivity index (χ0v) is 17.9. The maximum absolute atomic E-state index is 12.3. The minimum Gasteiger partial charge on any atom is -0.506 e. The van der Waals surface area contributed by atoms with E-state index in [0.717, 1.165) is 0 Å². The third-order valence-electron chi connectivity index (χ3n) is 4.53. The van der Waals surface area contributed by atoms with Crippen LogP contribution in [0.3, 0.4) is 0 Å². The first kappa shape index (κ1) is 21.7. The van der Waals surface area contributed by atoms with Gasteiger partial charge in [-0.1, -0.05) is 30.3 Å². The van der Waals surface area contributed by atoms with Gasteiger partial charge in [0.15, 0.2) is 0 Å². The highest BCUT2D eigenvalue weighted by molar-refractivity contribution is 9.10. The number of phenols is 1. The molecule has 0 saturated heterocycles. The molecule has 0 radical (unpaired) electrons. The summed E-state index contributed by atoms with van der Waals surface area (Å²) in [5.41, 5.74) is 2.96. The molecule has 3 rings (SSSR count). The van der Waals surface area contributed by atoms with E-state index in [1.54, 1.807) is 30.3 Å². The second kappa shape index (κ2) is 8.76. The predicted octanol–water partition coefficient (Wildman–Crippen LogP) is 3.75. The zero-order valence-electron chi connectivity index (χ0n) is 16.3. The van der Waals surface area contributed by atoms with Crippen LogP contribution in [0.1, 0.15) is 22.3 Å². The molecule has 10 nitrogen and oxygen atoms in total. The molecule has 0 bridgehead atoms. The third-order valence-corrected chi connectivity index (χ3v) is 5.50. The lowest BCUT2D eigenvalue weighted by Gasteiger charge is -2.10. The number of hydrazone groups is 1. The lowest BCUT2D eigenvalue weighted by molar-refractivity contribution is -0.386. The molecule has 0 saturated carbocycles. The van der Waals surface area contributed by atoms with Crippen LogP contribution >= 0.6 is 15.9 Å². The number of phenolic OH excluding ortho intramolecular Hbond substituents is 1. The molecule has 0 aliphatic carbocycles. The van der Waals surface area contributed by atoms with Crippen LogP contribution in [0, 0.1) is 35.3 Å². The summed E-state index contributed by atoms with van der Waals surface area (Å²) in [6, 6.07) is 10.5. The predicted molar refractivity (Wildman–Crippen MR) is 118 cm³/mol. The molecule has 3 N–H and O–H groups in total. The first-order chi connectivity index (χ1) is 14.8. The number of benzene rings is 2. The Hall–Kier alpha value is -4.04. The van der Waals surface area contributed by atoms with Crippen LogP contribution in [0.15, 0.2) is 44.7 Å². The maximum Gasteiger partial charge on any atom is 0.277 e. The number of nitro benzene ring substituents is 1. The number of aromatic hydroxyl groups is 1. The Kier molecular flexibility index (Phi) is 6.12. The van der Waals surface area contributed by atoms with Gasteiger partial charge in [-0.3, -0.25) is 19.9 Å².